The van der Waals surface area contributed by atoms with Crippen molar-refractivity contribution in [3.8, 4) is 45.0 Å². The van der Waals surface area contributed by atoms with Crippen LogP contribution in [0.3, 0.4) is 0 Å². The van der Waals surface area contributed by atoms with E-state index in [-0.39, 0.29) is 212 Å². The number of carbonyl (C=O) groups is 3. The molecule has 7 N–H and O–H groups in total. The summed E-state index contributed by atoms with van der Waals surface area (Å²) in [5.41, 5.74) is 15.4. The summed E-state index contributed by atoms with van der Waals surface area (Å²) in [6.07, 6.45) is -0.206. The molecule has 2 aliphatic rings. The van der Waals surface area contributed by atoms with Crippen LogP contribution in [0.1, 0.15) is 45.3 Å². The fourth-order valence-corrected chi connectivity index (χ4v) is 12.9. The maximum absolute atomic E-state index is 12.4. The molecule has 142 heavy (non-hydrogen) atoms. The number of quaternary nitrogens is 1. The summed E-state index contributed by atoms with van der Waals surface area (Å²) in [4.78, 5) is 105. The summed E-state index contributed by atoms with van der Waals surface area (Å²) in [6.45, 7) is 10.6. The number of aliphatic hydroxyl groups excluding tert-OH is 2. The Balaban J connectivity index is 0. The van der Waals surface area contributed by atoms with Crippen LogP contribution in [0.4, 0.5) is 36.7 Å². The SMILES string of the molecule is C.CO.Cl.Nc1cccc(Cn2nc(-c3cccc(Cl)c3)ccc2=O)c1.O=C(Nc1cccc(Cn2nc(-c3cccc(Cl)c3)ccc2=O)c1)OCCC[NH+]1CCOCC1.O=C(OC(Cl)(Cl)Cl)OC(Cl)(Cl)Cl.O=CO[O-].O=[N+]([O-])c1cccc(CCl)c1.O=c1ccc(-c2cccc(Cl)c2)n[nH]1.O=c1ccc(-c2cccc(Cl)c2)nn1Cc1cccc([N+](=O)[O-])c1.OCCCN1CCOCC1.[2H]CF.[Cl][Sn][Cl].[Cs+].[Cs+].[H-]. The van der Waals surface area contributed by atoms with Crippen molar-refractivity contribution in [2.24, 2.45) is 0 Å². The molecule has 34 nitrogen and oxygen atoms in total. The fourth-order valence-electron chi connectivity index (χ4n) is 11.6. The number of aromatic nitrogens is 8. The molecule has 756 valence electrons. The minimum atomic E-state index is -2.24. The van der Waals surface area contributed by atoms with E-state index in [0.29, 0.717) is 85.4 Å². The summed E-state index contributed by atoms with van der Waals surface area (Å²) in [7, 11) is 9.87. The molecule has 2 fully saturated rings. The standard InChI is InChI=1S/C25H27ClN4O4.C17H12ClN3O3.C17H14ClN3O.C10H7ClN2O.C7H6ClNO2.C7H15NO2.C3Cl6O3.CH3F.CH2O3.CH4O.CH4.3ClH.2Cs.Sn.H/c26-21-6-2-5-20(17-21)23-8-9-24(31)30(28-23)18-19-4-1-7-22(16-19)27-25(32)34-13-3-10-29-11-14-33-15-12-29;18-14-5-2-4-13(10-14)16-7-8-17(22)20(19-16)11-12-3-1-6-15(9-12)21(23)24;18-14-5-2-4-13(10-14)16-7-8-17(22)21(20-16)11-12-3-1-6-15(19)9-12;11-8-3-1-2-7(6-8)9-4-5-10(14)13-12-9;8-5-6-2-1-3-7(4-6)9(10)11;9-5-1-2-8-3-6-10-7-4-8;4-2(5,6)11-1(10)12-3(7,8)9;1-2;2-1-4-3;1-2;;;;;;;;/h1-2,4-9,16-17H,3,10-15,18H2,(H,27,32);1-10H,11H2;1-10H,11,19H2;1-6H,(H,13,14);1-4H,5H2;9H,1-7H2;;1H3;1,3H;2H,1H3;1H4;3*1H;;;;/q;;;;;;;;;;;;;;2*+1;+2;-1/p-2/i;;;;;;;1D;;;;;;;;;;. The van der Waals surface area contributed by atoms with Crippen LogP contribution in [0.2, 0.25) is 20.1 Å². The molecule has 12 aromatic rings. The van der Waals surface area contributed by atoms with Crippen LogP contribution < -0.4 is 181 Å². The van der Waals surface area contributed by atoms with Gasteiger partial charge in [0.2, 0.25) is 0 Å². The van der Waals surface area contributed by atoms with Crippen molar-refractivity contribution in [2.45, 2.75) is 53.7 Å². The van der Waals surface area contributed by atoms with Gasteiger partial charge in [-0.2, -0.15) is 20.4 Å². The van der Waals surface area contributed by atoms with E-state index in [1.54, 1.807) is 109 Å². The number of rotatable bonds is 22. The van der Waals surface area contributed by atoms with Crippen molar-refractivity contribution in [3.05, 3.63) is 347 Å². The van der Waals surface area contributed by atoms with Gasteiger partial charge in [-0.15, -0.1) is 24.0 Å². The zero-order chi connectivity index (χ0) is 103. The van der Waals surface area contributed by atoms with E-state index in [2.05, 4.69) is 50.1 Å². The number of amides is 1. The van der Waals surface area contributed by atoms with Gasteiger partial charge in [0.05, 0.1) is 100 Å². The summed E-state index contributed by atoms with van der Waals surface area (Å²) >= 11 is 58.8. The number of hydrogen-bond acceptors (Lipinski definition) is 26. The molecule has 2 saturated heterocycles. The van der Waals surface area contributed by atoms with Gasteiger partial charge in [-0.25, -0.2) is 28.7 Å². The fraction of sp³-hybridized carbons (Fsp3) is 0.256. The molecule has 0 aliphatic carbocycles. The van der Waals surface area contributed by atoms with E-state index in [9.17, 15) is 53.4 Å². The van der Waals surface area contributed by atoms with Crippen molar-refractivity contribution in [1.82, 2.24) is 44.4 Å². The molecule has 2 radical (unpaired) electrons. The average Bonchev–Trinajstić information content (AvgIpc) is 0.829. The van der Waals surface area contributed by atoms with E-state index >= 15 is 0 Å². The van der Waals surface area contributed by atoms with Crippen molar-refractivity contribution >= 4 is 218 Å². The molecule has 6 heterocycles. The monoisotopic (exact) mass is 2590 g/mol. The third-order valence-corrected chi connectivity index (χ3v) is 19.3. The van der Waals surface area contributed by atoms with Crippen LogP contribution in [0, 0.1) is 20.2 Å². The Morgan fingerprint density at radius 2 is 0.951 bits per heavy atom. The Bertz CT molecular complexity index is 6010. The summed E-state index contributed by atoms with van der Waals surface area (Å²) < 4.78 is 38.9. The maximum atomic E-state index is 12.4. The third kappa shape index (κ3) is 57.9. The molecule has 0 atom stereocenters. The second-order valence-corrected chi connectivity index (χ2v) is 37.9. The molecule has 52 heteroatoms. The number of aromatic amines is 1. The van der Waals surface area contributed by atoms with Gasteiger partial charge in [-0.1, -0.05) is 151 Å². The smallest absolute Gasteiger partial charge is 1.00 e. The van der Waals surface area contributed by atoms with Gasteiger partial charge in [0.15, 0.2) is 0 Å². The number of carbonyl (C=O) groups excluding carboxylic acids is 3. The Morgan fingerprint density at radius 1 is 0.585 bits per heavy atom. The first-order valence-corrected chi connectivity index (χ1v) is 51.6. The van der Waals surface area contributed by atoms with Crippen molar-refractivity contribution in [3.63, 3.8) is 0 Å². The Morgan fingerprint density at radius 3 is 1.32 bits per heavy atom. The normalized spacial score (nSPS) is 11.5. The Labute approximate surface area is 1020 Å². The van der Waals surface area contributed by atoms with Crippen LogP contribution >= 0.6 is 158 Å². The summed E-state index contributed by atoms with van der Waals surface area (Å²) in [5, 5.41) is 69.8. The van der Waals surface area contributed by atoms with Gasteiger partial charge in [-0.05, 0) is 195 Å². The molecule has 0 saturated carbocycles. The van der Waals surface area contributed by atoms with Gasteiger partial charge >= 0.3 is 195 Å². The number of nitro groups is 2. The van der Waals surface area contributed by atoms with E-state index in [4.69, 9.17) is 187 Å². The molecular formula is C90H96Cl14Cs2FN14O20Sn+. The van der Waals surface area contributed by atoms with Crippen LogP contribution in [0.25, 0.3) is 45.0 Å². The number of H-pyrrole nitrogens is 1. The summed E-state index contributed by atoms with van der Waals surface area (Å²) in [5.74, 6) is 0.307. The number of halogens is 15. The number of nitrogen functional groups attached to an aromatic ring is 1. The van der Waals surface area contributed by atoms with E-state index < -0.39 is 56.1 Å². The largest absolute Gasteiger partial charge is 1.00 e. The van der Waals surface area contributed by atoms with Crippen molar-refractivity contribution in [1.29, 1.82) is 0 Å². The number of alkyl halides is 8. The first-order valence-electron chi connectivity index (χ1n) is 40.8. The topological polar surface area (TPSA) is 453 Å². The zero-order valence-electron chi connectivity index (χ0n) is 77.1. The number of nitro benzene ring substituents is 2. The van der Waals surface area contributed by atoms with Crippen LogP contribution in [0.15, 0.2) is 262 Å². The maximum Gasteiger partial charge on any atom is 1.00 e. The predicted octanol–water partition coefficient (Wildman–Crippen LogP) is 11.9. The van der Waals surface area contributed by atoms with Crippen molar-refractivity contribution in [2.75, 3.05) is 104 Å². The number of aliphatic hydroxyl groups is 2. The number of benzene rings is 8. The number of ether oxygens (including phenoxy) is 5. The molecule has 8 aromatic carbocycles. The number of morpholine rings is 2. The Kier molecular flexibility index (Phi) is 73.7. The predicted molar refractivity (Wildman–Crippen MR) is 550 cm³/mol. The third-order valence-electron chi connectivity index (χ3n) is 17.6. The molecular weight excluding hydrogens is 2500 g/mol. The van der Waals surface area contributed by atoms with Gasteiger partial charge in [-0.3, -0.25) is 58.8 Å². The zero-order valence-corrected chi connectivity index (χ0v) is 101. The number of anilines is 2. The van der Waals surface area contributed by atoms with E-state index in [1.807, 2.05) is 84.9 Å². The minimum Gasteiger partial charge on any atom is -1.00 e. The van der Waals surface area contributed by atoms with Crippen LogP contribution in [-0.4, -0.2) is 203 Å². The number of non-ortho nitro benzene ring substituents is 2. The number of nitrogens with one attached hydrogen (secondary N) is 3. The van der Waals surface area contributed by atoms with Gasteiger partial charge in [0.25, 0.3) is 40.1 Å². The van der Waals surface area contributed by atoms with E-state index in [0.717, 1.165) is 125 Å². The van der Waals surface area contributed by atoms with Crippen LogP contribution in [-0.2, 0) is 58.9 Å². The average molecular weight is 2590 g/mol. The minimum absolute atomic E-state index is 0. The second kappa shape index (κ2) is 77.8. The molecule has 0 bridgehead atoms. The molecule has 4 aromatic heterocycles. The molecule has 0 spiro atoms. The first kappa shape index (κ1) is 135. The second-order valence-electron chi connectivity index (χ2n) is 27.3. The van der Waals surface area contributed by atoms with E-state index in [1.165, 1.54) is 67.5 Å². The first-order chi connectivity index (χ1) is 66.5. The molecule has 0 unspecified atom stereocenters. The molecule has 2 aliphatic heterocycles. The number of nitrogens with zero attached hydrogens (tertiary/aromatic N) is 10. The van der Waals surface area contributed by atoms with Gasteiger partial charge < -0.3 is 56.1 Å². The number of nitrogens with two attached hydrogens (primary N) is 1. The molecule has 1 amide bonds. The number of hydrogen-bond donors (Lipinski definition) is 6. The van der Waals surface area contributed by atoms with Gasteiger partial charge in [0.1, 0.15) is 13.1 Å². The van der Waals surface area contributed by atoms with Crippen molar-refractivity contribution < 1.29 is 218 Å². The van der Waals surface area contributed by atoms with Gasteiger partial charge in [0, 0.05) is 148 Å². The quantitative estimate of drug-likeness (QED) is 0.00422. The van der Waals surface area contributed by atoms with Crippen LogP contribution in [0.5, 0.6) is 0 Å². The Hall–Kier alpha value is -5.50. The summed E-state index contributed by atoms with van der Waals surface area (Å²) in [6, 6.07) is 68.8. The molecule has 14 rings (SSSR count).